The van der Waals surface area contributed by atoms with Gasteiger partial charge in [0, 0.05) is 4.47 Å². The van der Waals surface area contributed by atoms with Crippen LogP contribution in [0.4, 0.5) is 5.95 Å². The van der Waals surface area contributed by atoms with E-state index in [0.29, 0.717) is 12.2 Å². The number of hydrogen-bond donors (Lipinski definition) is 1. The van der Waals surface area contributed by atoms with Gasteiger partial charge in [-0.25, -0.2) is 0 Å². The summed E-state index contributed by atoms with van der Waals surface area (Å²) in [6.45, 7) is 2.16. The molecule has 2 aromatic rings. The van der Waals surface area contributed by atoms with Crippen LogP contribution in [0, 0.1) is 0 Å². The molecule has 1 aliphatic rings. The summed E-state index contributed by atoms with van der Waals surface area (Å²) in [4.78, 5) is 28.6. The maximum Gasteiger partial charge on any atom is 0.337 e. The molecule has 21 heavy (non-hydrogen) atoms. The zero-order valence-electron chi connectivity index (χ0n) is 11.0. The second-order valence-corrected chi connectivity index (χ2v) is 5.29. The van der Waals surface area contributed by atoms with Crippen molar-refractivity contribution >= 4 is 33.7 Å². The largest absolute Gasteiger partial charge is 0.463 e. The van der Waals surface area contributed by atoms with E-state index < -0.39 is 17.7 Å². The number of fused-ring (bicyclic) bond motifs is 1. The van der Waals surface area contributed by atoms with Gasteiger partial charge in [0.1, 0.15) is 5.92 Å². The smallest absolute Gasteiger partial charge is 0.337 e. The zero-order valence-corrected chi connectivity index (χ0v) is 12.6. The van der Waals surface area contributed by atoms with Crippen molar-refractivity contribution < 1.29 is 14.3 Å². The van der Waals surface area contributed by atoms with Crippen molar-refractivity contribution in [2.45, 2.75) is 12.8 Å². The van der Waals surface area contributed by atoms with Crippen molar-refractivity contribution in [3.8, 4) is 6.01 Å². The van der Waals surface area contributed by atoms with Gasteiger partial charge >= 0.3 is 6.01 Å². The molecule has 1 aromatic carbocycles. The van der Waals surface area contributed by atoms with Crippen molar-refractivity contribution in [1.82, 2.24) is 14.8 Å². The molecule has 2 heterocycles. The Labute approximate surface area is 128 Å². The van der Waals surface area contributed by atoms with E-state index in [1.165, 1.54) is 0 Å². The Hall–Kier alpha value is -2.22. The Kier molecular flexibility index (Phi) is 3.46. The summed E-state index contributed by atoms with van der Waals surface area (Å²) in [6.07, 6.45) is 0. The first-order valence-electron chi connectivity index (χ1n) is 6.30. The first kappa shape index (κ1) is 13.7. The van der Waals surface area contributed by atoms with E-state index in [4.69, 9.17) is 4.74 Å². The lowest BCUT2D eigenvalue weighted by atomic mass is 9.96. The highest BCUT2D eigenvalue weighted by Gasteiger charge is 2.38. The SMILES string of the molecule is CCOc1nc2n(n1)C(=O)C(c1cccc(Br)c1)C(=O)N2. The summed E-state index contributed by atoms with van der Waals surface area (Å²) in [5.41, 5.74) is 0.589. The molecule has 1 atom stereocenters. The predicted octanol–water partition coefficient (Wildman–Crippen LogP) is 1.82. The van der Waals surface area contributed by atoms with Gasteiger partial charge in [-0.05, 0) is 24.6 Å². The van der Waals surface area contributed by atoms with Gasteiger partial charge in [-0.1, -0.05) is 28.1 Å². The van der Waals surface area contributed by atoms with Crippen LogP contribution in [0.3, 0.4) is 0 Å². The standard InChI is InChI=1S/C13H11BrN4O3/c1-2-21-13-16-12-15-10(19)9(11(20)18(12)17-13)7-4-3-5-8(14)6-7/h3-6,9H,2H2,1H3,(H,15,16,17,19). The number of nitrogens with one attached hydrogen (secondary N) is 1. The van der Waals surface area contributed by atoms with E-state index in [1.807, 2.05) is 6.07 Å². The van der Waals surface area contributed by atoms with E-state index in [1.54, 1.807) is 25.1 Å². The fourth-order valence-corrected chi connectivity index (χ4v) is 2.53. The lowest BCUT2D eigenvalue weighted by Crippen LogP contribution is -2.38. The molecule has 1 unspecified atom stereocenters. The molecule has 0 saturated heterocycles. The molecule has 0 fully saturated rings. The fraction of sp³-hybridized carbons (Fsp3) is 0.231. The second kappa shape index (κ2) is 5.28. The first-order chi connectivity index (χ1) is 10.1. The summed E-state index contributed by atoms with van der Waals surface area (Å²) in [5.74, 6) is -1.75. The lowest BCUT2D eigenvalue weighted by molar-refractivity contribution is -0.117. The highest BCUT2D eigenvalue weighted by atomic mass is 79.9. The fourth-order valence-electron chi connectivity index (χ4n) is 2.11. The Morgan fingerprint density at radius 3 is 2.95 bits per heavy atom. The van der Waals surface area contributed by atoms with Crippen molar-refractivity contribution in [1.29, 1.82) is 0 Å². The maximum absolute atomic E-state index is 12.5. The number of aromatic nitrogens is 3. The third kappa shape index (κ3) is 2.42. The van der Waals surface area contributed by atoms with Gasteiger partial charge in [0.2, 0.25) is 11.9 Å². The molecule has 1 amide bonds. The Balaban J connectivity index is 2.01. The van der Waals surface area contributed by atoms with Crippen molar-refractivity contribution in [2.75, 3.05) is 11.9 Å². The number of nitrogens with zero attached hydrogens (tertiary/aromatic N) is 3. The molecule has 3 rings (SSSR count). The molecule has 1 aliphatic heterocycles. The average molecular weight is 351 g/mol. The van der Waals surface area contributed by atoms with Gasteiger partial charge in [-0.3, -0.25) is 14.9 Å². The number of carbonyl (C=O) groups excluding carboxylic acids is 2. The van der Waals surface area contributed by atoms with Crippen LogP contribution < -0.4 is 10.1 Å². The summed E-state index contributed by atoms with van der Waals surface area (Å²) in [6, 6.07) is 7.10. The first-order valence-corrected chi connectivity index (χ1v) is 7.10. The van der Waals surface area contributed by atoms with Crippen LogP contribution in [0.5, 0.6) is 6.01 Å². The van der Waals surface area contributed by atoms with Gasteiger partial charge in [0.15, 0.2) is 0 Å². The Morgan fingerprint density at radius 2 is 2.24 bits per heavy atom. The quantitative estimate of drug-likeness (QED) is 0.853. The van der Waals surface area contributed by atoms with Gasteiger partial charge in [-0.15, -0.1) is 5.10 Å². The maximum atomic E-state index is 12.5. The summed E-state index contributed by atoms with van der Waals surface area (Å²) < 4.78 is 7.01. The molecular weight excluding hydrogens is 340 g/mol. The number of rotatable bonds is 3. The highest BCUT2D eigenvalue weighted by Crippen LogP contribution is 2.28. The average Bonchev–Trinajstić information content (AvgIpc) is 2.82. The van der Waals surface area contributed by atoms with Gasteiger partial charge in [-0.2, -0.15) is 9.67 Å². The molecule has 0 aliphatic carbocycles. The van der Waals surface area contributed by atoms with Crippen LogP contribution >= 0.6 is 15.9 Å². The van der Waals surface area contributed by atoms with E-state index >= 15 is 0 Å². The lowest BCUT2D eigenvalue weighted by Gasteiger charge is -2.20. The number of halogens is 1. The molecule has 0 radical (unpaired) electrons. The van der Waals surface area contributed by atoms with Crippen LogP contribution in [0.25, 0.3) is 0 Å². The third-order valence-corrected chi connectivity index (χ3v) is 3.49. The number of carbonyl (C=O) groups is 2. The van der Waals surface area contributed by atoms with Gasteiger partial charge in [0.25, 0.3) is 5.91 Å². The van der Waals surface area contributed by atoms with E-state index in [0.717, 1.165) is 9.15 Å². The molecular formula is C13H11BrN4O3. The number of amides is 1. The predicted molar refractivity (Wildman–Crippen MR) is 77.3 cm³/mol. The number of hydrogen-bond acceptors (Lipinski definition) is 5. The van der Waals surface area contributed by atoms with Gasteiger partial charge < -0.3 is 4.74 Å². The minimum atomic E-state index is -0.953. The molecule has 0 saturated carbocycles. The minimum Gasteiger partial charge on any atom is -0.463 e. The van der Waals surface area contributed by atoms with Crippen molar-refractivity contribution in [2.24, 2.45) is 0 Å². The van der Waals surface area contributed by atoms with Crippen LogP contribution in [-0.2, 0) is 4.79 Å². The molecule has 8 heteroatoms. The van der Waals surface area contributed by atoms with Crippen LogP contribution in [0.1, 0.15) is 23.2 Å². The minimum absolute atomic E-state index is 0.0658. The monoisotopic (exact) mass is 350 g/mol. The van der Waals surface area contributed by atoms with Gasteiger partial charge in [0.05, 0.1) is 6.61 Å². The summed E-state index contributed by atoms with van der Waals surface area (Å²) in [5, 5.41) is 6.53. The Morgan fingerprint density at radius 1 is 1.43 bits per heavy atom. The number of ether oxygens (including phenoxy) is 1. The van der Waals surface area contributed by atoms with E-state index in [9.17, 15) is 9.59 Å². The molecule has 0 bridgehead atoms. The normalized spacial score (nSPS) is 17.3. The van der Waals surface area contributed by atoms with Crippen molar-refractivity contribution in [3.05, 3.63) is 34.3 Å². The van der Waals surface area contributed by atoms with Crippen LogP contribution in [-0.4, -0.2) is 33.2 Å². The summed E-state index contributed by atoms with van der Waals surface area (Å²) in [7, 11) is 0. The molecule has 7 nitrogen and oxygen atoms in total. The van der Waals surface area contributed by atoms with Crippen molar-refractivity contribution in [3.63, 3.8) is 0 Å². The zero-order chi connectivity index (χ0) is 15.0. The summed E-state index contributed by atoms with van der Waals surface area (Å²) >= 11 is 3.33. The Bertz CT molecular complexity index is 728. The highest BCUT2D eigenvalue weighted by molar-refractivity contribution is 9.10. The third-order valence-electron chi connectivity index (χ3n) is 3.00. The molecule has 1 N–H and O–H groups in total. The molecule has 1 aromatic heterocycles. The topological polar surface area (TPSA) is 86.1 Å². The second-order valence-electron chi connectivity index (χ2n) is 4.38. The number of anilines is 1. The number of benzene rings is 1. The van der Waals surface area contributed by atoms with E-state index in [2.05, 4.69) is 31.3 Å². The molecule has 108 valence electrons. The van der Waals surface area contributed by atoms with Crippen LogP contribution in [0.15, 0.2) is 28.7 Å². The molecule has 0 spiro atoms. The van der Waals surface area contributed by atoms with Crippen LogP contribution in [0.2, 0.25) is 0 Å². The van der Waals surface area contributed by atoms with E-state index in [-0.39, 0.29) is 12.0 Å².